The Morgan fingerprint density at radius 2 is 2.25 bits per heavy atom. The molecular weight excluding hydrogens is 224 g/mol. The molecule has 4 nitrogen and oxygen atoms in total. The Kier molecular flexibility index (Phi) is 1.96. The molecule has 0 atom stereocenters. The molecule has 0 radical (unpaired) electrons. The molecule has 0 saturated carbocycles. The van der Waals surface area contributed by atoms with E-state index >= 15 is 0 Å². The van der Waals surface area contributed by atoms with E-state index in [1.54, 1.807) is 0 Å². The van der Waals surface area contributed by atoms with E-state index in [9.17, 15) is 0 Å². The maximum absolute atomic E-state index is 5.98. The van der Waals surface area contributed by atoms with Gasteiger partial charge in [0.1, 0.15) is 0 Å². The summed E-state index contributed by atoms with van der Waals surface area (Å²) in [6.45, 7) is 0.502. The van der Waals surface area contributed by atoms with E-state index in [2.05, 4.69) is 4.98 Å². The number of hydrogen-bond acceptors (Lipinski definition) is 2. The zero-order valence-electron chi connectivity index (χ0n) is 8.81. The zero-order valence-corrected chi connectivity index (χ0v) is 9.57. The van der Waals surface area contributed by atoms with Crippen LogP contribution in [0.3, 0.4) is 0 Å². The standard InChI is InChI=1S/C11H11ClN4/c1-15-8(5-13)6-16-10-4-7(12)2-3-9(10)14-11(15)16/h2-4,6H,5,13H2,1H3. The summed E-state index contributed by atoms with van der Waals surface area (Å²) in [5.74, 6) is 0.887. The smallest absolute Gasteiger partial charge is 0.214 e. The molecule has 82 valence electrons. The van der Waals surface area contributed by atoms with E-state index in [0.29, 0.717) is 11.6 Å². The summed E-state index contributed by atoms with van der Waals surface area (Å²) in [6.07, 6.45) is 2.00. The van der Waals surface area contributed by atoms with Crippen molar-refractivity contribution in [2.75, 3.05) is 0 Å². The van der Waals surface area contributed by atoms with Gasteiger partial charge in [0.25, 0.3) is 0 Å². The molecule has 0 aliphatic carbocycles. The lowest BCUT2D eigenvalue weighted by Gasteiger charge is -1.95. The summed E-state index contributed by atoms with van der Waals surface area (Å²) in [4.78, 5) is 4.54. The Morgan fingerprint density at radius 1 is 1.44 bits per heavy atom. The van der Waals surface area contributed by atoms with Crippen molar-refractivity contribution < 1.29 is 0 Å². The minimum atomic E-state index is 0.502. The van der Waals surface area contributed by atoms with E-state index in [4.69, 9.17) is 17.3 Å². The van der Waals surface area contributed by atoms with Crippen LogP contribution in [-0.2, 0) is 13.6 Å². The summed E-state index contributed by atoms with van der Waals surface area (Å²) in [5, 5.41) is 0.715. The number of hydrogen-bond donors (Lipinski definition) is 1. The van der Waals surface area contributed by atoms with Crippen molar-refractivity contribution in [2.24, 2.45) is 12.8 Å². The third-order valence-electron chi connectivity index (χ3n) is 2.85. The predicted molar refractivity (Wildman–Crippen MR) is 64.6 cm³/mol. The lowest BCUT2D eigenvalue weighted by molar-refractivity contribution is 0.840. The Bertz CT molecular complexity index is 680. The normalized spacial score (nSPS) is 11.7. The topological polar surface area (TPSA) is 48.2 Å². The number of benzene rings is 1. The first-order chi connectivity index (χ1) is 7.70. The molecule has 0 unspecified atom stereocenters. The van der Waals surface area contributed by atoms with E-state index in [1.807, 2.05) is 40.4 Å². The Labute approximate surface area is 97.2 Å². The maximum Gasteiger partial charge on any atom is 0.214 e. The molecule has 0 spiro atoms. The monoisotopic (exact) mass is 234 g/mol. The molecule has 16 heavy (non-hydrogen) atoms. The van der Waals surface area contributed by atoms with Gasteiger partial charge in [-0.05, 0) is 18.2 Å². The second kappa shape index (κ2) is 3.23. The first-order valence-electron chi connectivity index (χ1n) is 5.02. The molecule has 0 fully saturated rings. The molecule has 0 saturated heterocycles. The predicted octanol–water partition coefficient (Wildman–Crippen LogP) is 1.94. The quantitative estimate of drug-likeness (QED) is 0.700. The van der Waals surface area contributed by atoms with Crippen LogP contribution in [-0.4, -0.2) is 14.0 Å². The molecule has 2 aromatic heterocycles. The summed E-state index contributed by atoms with van der Waals surface area (Å²) in [5.41, 5.74) is 8.66. The van der Waals surface area contributed by atoms with Gasteiger partial charge < -0.3 is 10.3 Å². The van der Waals surface area contributed by atoms with Crippen LogP contribution in [0.4, 0.5) is 0 Å². The molecule has 2 N–H and O–H groups in total. The first kappa shape index (κ1) is 9.69. The minimum absolute atomic E-state index is 0.502. The van der Waals surface area contributed by atoms with Crippen LogP contribution in [0.2, 0.25) is 5.02 Å². The number of nitrogens with zero attached hydrogens (tertiary/aromatic N) is 3. The molecule has 0 aliphatic rings. The molecule has 0 bridgehead atoms. The van der Waals surface area contributed by atoms with Gasteiger partial charge in [-0.2, -0.15) is 0 Å². The molecule has 3 aromatic rings. The highest BCUT2D eigenvalue weighted by Crippen LogP contribution is 2.22. The third-order valence-corrected chi connectivity index (χ3v) is 3.09. The first-order valence-corrected chi connectivity index (χ1v) is 5.40. The van der Waals surface area contributed by atoms with Crippen LogP contribution < -0.4 is 5.73 Å². The van der Waals surface area contributed by atoms with Crippen molar-refractivity contribution >= 4 is 28.4 Å². The van der Waals surface area contributed by atoms with E-state index in [-0.39, 0.29) is 0 Å². The van der Waals surface area contributed by atoms with Gasteiger partial charge in [0.05, 0.1) is 16.7 Å². The molecule has 0 amide bonds. The number of imidazole rings is 2. The number of rotatable bonds is 1. The van der Waals surface area contributed by atoms with Gasteiger partial charge in [0, 0.05) is 24.8 Å². The fraction of sp³-hybridized carbons (Fsp3) is 0.182. The van der Waals surface area contributed by atoms with E-state index in [1.165, 1.54) is 0 Å². The number of fused-ring (bicyclic) bond motifs is 3. The molecular formula is C11H11ClN4. The van der Waals surface area contributed by atoms with Crippen molar-refractivity contribution in [1.29, 1.82) is 0 Å². The molecule has 5 heteroatoms. The number of nitrogens with two attached hydrogens (primary N) is 1. The van der Waals surface area contributed by atoms with Gasteiger partial charge in [-0.15, -0.1) is 0 Å². The van der Waals surface area contributed by atoms with Crippen LogP contribution in [0.1, 0.15) is 5.69 Å². The van der Waals surface area contributed by atoms with Crippen molar-refractivity contribution in [3.8, 4) is 0 Å². The van der Waals surface area contributed by atoms with Gasteiger partial charge in [-0.1, -0.05) is 11.6 Å². The van der Waals surface area contributed by atoms with Gasteiger partial charge >= 0.3 is 0 Å². The van der Waals surface area contributed by atoms with E-state index in [0.717, 1.165) is 22.5 Å². The van der Waals surface area contributed by atoms with Crippen molar-refractivity contribution in [2.45, 2.75) is 6.54 Å². The Hall–Kier alpha value is -1.52. The van der Waals surface area contributed by atoms with Crippen LogP contribution in [0.15, 0.2) is 24.4 Å². The van der Waals surface area contributed by atoms with Crippen LogP contribution in [0.25, 0.3) is 16.8 Å². The molecule has 3 rings (SSSR count). The summed E-state index contributed by atoms with van der Waals surface area (Å²) in [7, 11) is 1.96. The van der Waals surface area contributed by atoms with Crippen LogP contribution in [0.5, 0.6) is 0 Å². The van der Waals surface area contributed by atoms with E-state index < -0.39 is 0 Å². The maximum atomic E-state index is 5.98. The van der Waals surface area contributed by atoms with Gasteiger partial charge in [0.15, 0.2) is 0 Å². The third kappa shape index (κ3) is 1.17. The minimum Gasteiger partial charge on any atom is -0.325 e. The van der Waals surface area contributed by atoms with Crippen LogP contribution in [0, 0.1) is 0 Å². The largest absolute Gasteiger partial charge is 0.325 e. The SMILES string of the molecule is Cn1c(CN)cn2c3cc(Cl)ccc3nc12. The highest BCUT2D eigenvalue weighted by molar-refractivity contribution is 6.31. The highest BCUT2D eigenvalue weighted by Gasteiger charge is 2.10. The van der Waals surface area contributed by atoms with Crippen molar-refractivity contribution in [3.05, 3.63) is 35.1 Å². The molecule has 2 heterocycles. The number of halogens is 1. The Balaban J connectivity index is 2.47. The number of aryl methyl sites for hydroxylation is 1. The lowest BCUT2D eigenvalue weighted by Crippen LogP contribution is -2.02. The van der Waals surface area contributed by atoms with Crippen molar-refractivity contribution in [1.82, 2.24) is 14.0 Å². The van der Waals surface area contributed by atoms with Crippen molar-refractivity contribution in [3.63, 3.8) is 0 Å². The Morgan fingerprint density at radius 3 is 3.00 bits per heavy atom. The van der Waals surface area contributed by atoms with Gasteiger partial charge in [-0.25, -0.2) is 4.98 Å². The molecule has 1 aromatic carbocycles. The van der Waals surface area contributed by atoms with Crippen LogP contribution >= 0.6 is 11.6 Å². The van der Waals surface area contributed by atoms with Gasteiger partial charge in [-0.3, -0.25) is 4.40 Å². The fourth-order valence-electron chi connectivity index (χ4n) is 1.97. The fourth-order valence-corrected chi connectivity index (χ4v) is 2.14. The summed E-state index contributed by atoms with van der Waals surface area (Å²) in [6, 6.07) is 5.68. The average molecular weight is 235 g/mol. The highest BCUT2D eigenvalue weighted by atomic mass is 35.5. The lowest BCUT2D eigenvalue weighted by atomic mass is 10.3. The average Bonchev–Trinajstić information content (AvgIpc) is 2.77. The summed E-state index contributed by atoms with van der Waals surface area (Å²) >= 11 is 5.98. The van der Waals surface area contributed by atoms with Gasteiger partial charge in [0.2, 0.25) is 5.78 Å². The molecule has 0 aliphatic heterocycles. The number of aromatic nitrogens is 3. The zero-order chi connectivity index (χ0) is 11.3. The summed E-state index contributed by atoms with van der Waals surface area (Å²) < 4.78 is 4.01. The second-order valence-electron chi connectivity index (χ2n) is 3.80. The second-order valence-corrected chi connectivity index (χ2v) is 4.23.